The third-order valence-electron chi connectivity index (χ3n) is 4.17. The molecule has 1 heterocycles. The lowest BCUT2D eigenvalue weighted by molar-refractivity contribution is 0.0238. The molecule has 28 heavy (non-hydrogen) atoms. The van der Waals surface area contributed by atoms with Crippen molar-refractivity contribution >= 4 is 12.1 Å². The van der Waals surface area contributed by atoms with Gasteiger partial charge in [-0.25, -0.2) is 9.79 Å². The van der Waals surface area contributed by atoms with Gasteiger partial charge in [0, 0.05) is 31.7 Å². The summed E-state index contributed by atoms with van der Waals surface area (Å²) in [4.78, 5) is 18.8. The summed E-state index contributed by atoms with van der Waals surface area (Å²) in [6.45, 7) is 14.2. The smallest absolute Gasteiger partial charge is 0.410 e. The standard InChI is InChI=1S/C20H35N5O3/c1-7-21-18(23-13-16-12-17(14(2)3)24-28-16)22-10-11-25(15-8-9-15)19(26)27-20(4,5)6/h12,14-15H,7-11,13H2,1-6H3,(H2,21,22,23). The highest BCUT2D eigenvalue weighted by atomic mass is 16.6. The van der Waals surface area contributed by atoms with E-state index in [-0.39, 0.29) is 6.09 Å². The molecule has 0 spiro atoms. The van der Waals surface area contributed by atoms with E-state index in [9.17, 15) is 4.79 Å². The van der Waals surface area contributed by atoms with Gasteiger partial charge >= 0.3 is 6.09 Å². The van der Waals surface area contributed by atoms with Gasteiger partial charge in [0.1, 0.15) is 12.1 Å². The molecule has 0 saturated heterocycles. The Balaban J connectivity index is 1.87. The molecule has 1 aromatic heterocycles. The van der Waals surface area contributed by atoms with Crippen LogP contribution in [0.2, 0.25) is 0 Å². The number of hydrogen-bond donors (Lipinski definition) is 2. The van der Waals surface area contributed by atoms with E-state index in [1.165, 1.54) is 0 Å². The van der Waals surface area contributed by atoms with Crippen molar-refractivity contribution in [2.24, 2.45) is 4.99 Å². The summed E-state index contributed by atoms with van der Waals surface area (Å²) in [6, 6.07) is 2.23. The molecule has 1 aliphatic carbocycles. The molecule has 158 valence electrons. The second-order valence-electron chi connectivity index (χ2n) is 8.40. The highest BCUT2D eigenvalue weighted by Gasteiger charge is 2.34. The Morgan fingerprint density at radius 1 is 1.39 bits per heavy atom. The van der Waals surface area contributed by atoms with E-state index >= 15 is 0 Å². The lowest BCUT2D eigenvalue weighted by atomic mass is 10.1. The van der Waals surface area contributed by atoms with Crippen LogP contribution in [0.4, 0.5) is 4.79 Å². The Kier molecular flexibility index (Phi) is 7.71. The van der Waals surface area contributed by atoms with Crippen molar-refractivity contribution in [2.45, 2.75) is 78.5 Å². The summed E-state index contributed by atoms with van der Waals surface area (Å²) < 4.78 is 10.9. The van der Waals surface area contributed by atoms with E-state index in [0.717, 1.165) is 30.8 Å². The number of aromatic nitrogens is 1. The fourth-order valence-electron chi connectivity index (χ4n) is 2.60. The van der Waals surface area contributed by atoms with Gasteiger partial charge in [0.05, 0.1) is 5.69 Å². The minimum absolute atomic E-state index is 0.249. The van der Waals surface area contributed by atoms with Crippen molar-refractivity contribution in [3.8, 4) is 0 Å². The molecule has 8 nitrogen and oxygen atoms in total. The first-order valence-electron chi connectivity index (χ1n) is 10.2. The van der Waals surface area contributed by atoms with Gasteiger partial charge in [-0.15, -0.1) is 0 Å². The number of carbonyl (C=O) groups is 1. The fourth-order valence-corrected chi connectivity index (χ4v) is 2.60. The normalized spacial score (nSPS) is 14.9. The van der Waals surface area contributed by atoms with Gasteiger partial charge in [-0.1, -0.05) is 19.0 Å². The number of nitrogens with zero attached hydrogens (tertiary/aromatic N) is 3. The first kappa shape index (κ1) is 22.0. The predicted molar refractivity (Wildman–Crippen MR) is 109 cm³/mol. The molecule has 2 N–H and O–H groups in total. The van der Waals surface area contributed by atoms with Crippen LogP contribution in [0.25, 0.3) is 0 Å². The largest absolute Gasteiger partial charge is 0.444 e. The Labute approximate surface area is 168 Å². The van der Waals surface area contributed by atoms with E-state index in [1.54, 1.807) is 0 Å². The van der Waals surface area contributed by atoms with Crippen molar-refractivity contribution < 1.29 is 14.1 Å². The summed E-state index contributed by atoms with van der Waals surface area (Å²) in [5, 5.41) is 10.5. The molecule has 2 rings (SSSR count). The number of aliphatic imine (C=N–C) groups is 1. The van der Waals surface area contributed by atoms with Crippen molar-refractivity contribution in [2.75, 3.05) is 19.6 Å². The molecule has 0 bridgehead atoms. The summed E-state index contributed by atoms with van der Waals surface area (Å²) in [5.41, 5.74) is 0.445. The second kappa shape index (κ2) is 9.80. The maximum atomic E-state index is 12.4. The van der Waals surface area contributed by atoms with Gasteiger partial charge in [-0.3, -0.25) is 0 Å². The number of guanidine groups is 1. The number of nitrogens with one attached hydrogen (secondary N) is 2. The average molecular weight is 394 g/mol. The average Bonchev–Trinajstić information content (AvgIpc) is 3.30. The van der Waals surface area contributed by atoms with Crippen LogP contribution in [-0.4, -0.2) is 53.4 Å². The van der Waals surface area contributed by atoms with Crippen LogP contribution in [-0.2, 0) is 11.3 Å². The lowest BCUT2D eigenvalue weighted by Crippen LogP contribution is -2.45. The Morgan fingerprint density at radius 2 is 2.11 bits per heavy atom. The van der Waals surface area contributed by atoms with Gasteiger partial charge in [0.15, 0.2) is 11.7 Å². The van der Waals surface area contributed by atoms with Crippen LogP contribution < -0.4 is 10.6 Å². The SMILES string of the molecule is CCNC(=NCc1cc(C(C)C)no1)NCCN(C(=O)OC(C)(C)C)C1CC1. The van der Waals surface area contributed by atoms with Crippen molar-refractivity contribution in [1.29, 1.82) is 0 Å². The van der Waals surface area contributed by atoms with E-state index < -0.39 is 5.60 Å². The maximum absolute atomic E-state index is 12.4. The second-order valence-corrected chi connectivity index (χ2v) is 8.40. The van der Waals surface area contributed by atoms with Crippen molar-refractivity contribution in [1.82, 2.24) is 20.7 Å². The third kappa shape index (κ3) is 7.40. The number of rotatable bonds is 8. The topological polar surface area (TPSA) is 92.0 Å². The van der Waals surface area contributed by atoms with Gasteiger partial charge in [0.2, 0.25) is 0 Å². The number of hydrogen-bond acceptors (Lipinski definition) is 5. The highest BCUT2D eigenvalue weighted by Crippen LogP contribution is 2.28. The van der Waals surface area contributed by atoms with Crippen molar-refractivity contribution in [3.63, 3.8) is 0 Å². The zero-order valence-electron chi connectivity index (χ0n) is 18.0. The van der Waals surface area contributed by atoms with Crippen LogP contribution >= 0.6 is 0 Å². The summed E-state index contributed by atoms with van der Waals surface area (Å²) >= 11 is 0. The van der Waals surface area contributed by atoms with Gasteiger partial charge in [-0.2, -0.15) is 0 Å². The molecule has 0 radical (unpaired) electrons. The molecule has 1 saturated carbocycles. The van der Waals surface area contributed by atoms with E-state index in [4.69, 9.17) is 9.26 Å². The zero-order valence-corrected chi connectivity index (χ0v) is 18.0. The van der Waals surface area contributed by atoms with Crippen LogP contribution in [0.15, 0.2) is 15.6 Å². The van der Waals surface area contributed by atoms with Crippen molar-refractivity contribution in [3.05, 3.63) is 17.5 Å². The summed E-state index contributed by atoms with van der Waals surface area (Å²) in [5.74, 6) is 1.74. The van der Waals surface area contributed by atoms with Crippen LogP contribution in [0.5, 0.6) is 0 Å². The minimum Gasteiger partial charge on any atom is -0.444 e. The molecule has 0 aromatic carbocycles. The van der Waals surface area contributed by atoms with E-state index in [1.807, 2.05) is 38.7 Å². The molecular formula is C20H35N5O3. The quantitative estimate of drug-likeness (QED) is 0.520. The lowest BCUT2D eigenvalue weighted by Gasteiger charge is -2.27. The molecule has 1 amide bonds. The molecule has 1 aromatic rings. The van der Waals surface area contributed by atoms with Crippen LogP contribution in [0.1, 0.15) is 71.8 Å². The first-order valence-corrected chi connectivity index (χ1v) is 10.2. The predicted octanol–water partition coefficient (Wildman–Crippen LogP) is 3.25. The summed E-state index contributed by atoms with van der Waals surface area (Å²) in [7, 11) is 0. The summed E-state index contributed by atoms with van der Waals surface area (Å²) in [6.07, 6.45) is 1.83. The monoisotopic (exact) mass is 393 g/mol. The molecule has 0 aliphatic heterocycles. The van der Waals surface area contributed by atoms with Gasteiger partial charge < -0.3 is 24.8 Å². The van der Waals surface area contributed by atoms with Crippen LogP contribution in [0.3, 0.4) is 0 Å². The fraction of sp³-hybridized carbons (Fsp3) is 0.750. The third-order valence-corrected chi connectivity index (χ3v) is 4.17. The Hall–Kier alpha value is -2.25. The highest BCUT2D eigenvalue weighted by molar-refractivity contribution is 5.79. The number of amides is 1. The zero-order chi connectivity index (χ0) is 20.7. The minimum atomic E-state index is -0.486. The molecular weight excluding hydrogens is 358 g/mol. The molecule has 0 unspecified atom stereocenters. The van der Waals surface area contributed by atoms with Gasteiger partial charge in [-0.05, 0) is 46.5 Å². The first-order chi connectivity index (χ1) is 13.2. The molecule has 1 fully saturated rings. The van der Waals surface area contributed by atoms with E-state index in [2.05, 4.69) is 34.6 Å². The molecule has 1 aliphatic rings. The van der Waals surface area contributed by atoms with Gasteiger partial charge in [0.25, 0.3) is 0 Å². The molecule has 0 atom stereocenters. The number of carbonyl (C=O) groups excluding carboxylic acids is 1. The Morgan fingerprint density at radius 3 is 2.64 bits per heavy atom. The molecule has 8 heteroatoms. The number of ether oxygens (including phenoxy) is 1. The Bertz CT molecular complexity index is 659. The maximum Gasteiger partial charge on any atom is 0.410 e. The van der Waals surface area contributed by atoms with E-state index in [0.29, 0.717) is 37.6 Å². The van der Waals surface area contributed by atoms with Crippen LogP contribution in [0, 0.1) is 0 Å².